The molecule has 8 nitrogen and oxygen atoms in total. The summed E-state index contributed by atoms with van der Waals surface area (Å²) in [6.07, 6.45) is 0. The summed E-state index contributed by atoms with van der Waals surface area (Å²) in [7, 11) is 1.68. The van der Waals surface area contributed by atoms with Gasteiger partial charge in [0.15, 0.2) is 0 Å². The first-order valence-corrected chi connectivity index (χ1v) is 5.63. The second-order valence-electron chi connectivity index (χ2n) is 3.93. The molecule has 20 heavy (non-hydrogen) atoms. The van der Waals surface area contributed by atoms with E-state index in [4.69, 9.17) is 10.5 Å². The van der Waals surface area contributed by atoms with Crippen LogP contribution in [0, 0.1) is 29.6 Å². The van der Waals surface area contributed by atoms with E-state index in [1.54, 1.807) is 25.3 Å². The zero-order valence-electron chi connectivity index (χ0n) is 10.9. The fourth-order valence-corrected chi connectivity index (χ4v) is 1.47. The molecule has 2 rings (SSSR count). The molecule has 98 valence electrons. The van der Waals surface area contributed by atoms with Crippen LogP contribution in [0.5, 0.6) is 0 Å². The monoisotopic (exact) mass is 266 g/mol. The number of aromatic nitrogens is 4. The van der Waals surface area contributed by atoms with Gasteiger partial charge in [-0.3, -0.25) is 5.43 Å². The second-order valence-corrected chi connectivity index (χ2v) is 3.93. The smallest absolute Gasteiger partial charge is 0.237 e. The Balaban J connectivity index is 2.33. The SMILES string of the molecule is Cc1ccc(-c2nnn(C)n2)cc1NN=C(C#N)C#N. The molecule has 1 heterocycles. The van der Waals surface area contributed by atoms with Gasteiger partial charge in [0.05, 0.1) is 12.7 Å². The summed E-state index contributed by atoms with van der Waals surface area (Å²) in [4.78, 5) is 1.36. The number of aryl methyl sites for hydroxylation is 2. The van der Waals surface area contributed by atoms with E-state index in [0.29, 0.717) is 11.5 Å². The highest BCUT2D eigenvalue weighted by Gasteiger charge is 2.07. The molecule has 0 atom stereocenters. The van der Waals surface area contributed by atoms with Gasteiger partial charge in [0, 0.05) is 5.56 Å². The molecule has 0 fully saturated rings. The molecule has 0 aliphatic rings. The molecular formula is C12H10N8. The molecule has 0 radical (unpaired) electrons. The summed E-state index contributed by atoms with van der Waals surface area (Å²) in [5.74, 6) is 0.486. The molecule has 2 aromatic rings. The predicted molar refractivity (Wildman–Crippen MR) is 71.3 cm³/mol. The van der Waals surface area contributed by atoms with Crippen molar-refractivity contribution in [1.29, 1.82) is 10.5 Å². The molecule has 1 N–H and O–H groups in total. The number of hydrogen-bond donors (Lipinski definition) is 1. The lowest BCUT2D eigenvalue weighted by molar-refractivity contribution is 0.630. The normalized spacial score (nSPS) is 9.40. The summed E-state index contributed by atoms with van der Waals surface area (Å²) in [6.45, 7) is 1.88. The van der Waals surface area contributed by atoms with Crippen molar-refractivity contribution in [3.8, 4) is 23.5 Å². The van der Waals surface area contributed by atoms with Gasteiger partial charge in [-0.15, -0.1) is 10.2 Å². The first kappa shape index (κ1) is 13.2. The third kappa shape index (κ3) is 2.76. The van der Waals surface area contributed by atoms with Crippen molar-refractivity contribution < 1.29 is 0 Å². The number of benzene rings is 1. The minimum absolute atomic E-state index is 0.243. The minimum atomic E-state index is -0.243. The molecule has 8 heteroatoms. The van der Waals surface area contributed by atoms with Crippen molar-refractivity contribution in [3.63, 3.8) is 0 Å². The quantitative estimate of drug-likeness (QED) is 0.654. The number of rotatable bonds is 3. The van der Waals surface area contributed by atoms with Gasteiger partial charge >= 0.3 is 0 Å². The Bertz CT molecular complexity index is 728. The number of hydrogen-bond acceptors (Lipinski definition) is 7. The summed E-state index contributed by atoms with van der Waals surface area (Å²) in [5.41, 5.74) is 4.79. The molecule has 0 amide bonds. The van der Waals surface area contributed by atoms with Gasteiger partial charge in [-0.2, -0.15) is 20.4 Å². The Labute approximate surface area is 114 Å². The van der Waals surface area contributed by atoms with E-state index < -0.39 is 0 Å². The Morgan fingerprint density at radius 1 is 1.35 bits per heavy atom. The fraction of sp³-hybridized carbons (Fsp3) is 0.167. The zero-order chi connectivity index (χ0) is 14.5. The second kappa shape index (κ2) is 5.59. The van der Waals surface area contributed by atoms with Crippen molar-refractivity contribution >= 4 is 11.4 Å². The number of anilines is 1. The van der Waals surface area contributed by atoms with Crippen molar-refractivity contribution in [2.24, 2.45) is 12.1 Å². The molecule has 0 spiro atoms. The summed E-state index contributed by atoms with van der Waals surface area (Å²) >= 11 is 0. The molecule has 0 aliphatic carbocycles. The van der Waals surface area contributed by atoms with Crippen LogP contribution < -0.4 is 5.43 Å². The van der Waals surface area contributed by atoms with Crippen LogP contribution in [0.15, 0.2) is 23.3 Å². The Morgan fingerprint density at radius 2 is 2.10 bits per heavy atom. The average Bonchev–Trinajstić information content (AvgIpc) is 2.88. The lowest BCUT2D eigenvalue weighted by Gasteiger charge is -2.05. The number of nitrogens with zero attached hydrogens (tertiary/aromatic N) is 7. The molecule has 0 saturated heterocycles. The number of nitrogens with one attached hydrogen (secondary N) is 1. The maximum atomic E-state index is 8.63. The molecule has 1 aromatic carbocycles. The van der Waals surface area contributed by atoms with Crippen LogP contribution in [0.3, 0.4) is 0 Å². The van der Waals surface area contributed by atoms with Gasteiger partial charge in [0.1, 0.15) is 12.1 Å². The van der Waals surface area contributed by atoms with Crippen molar-refractivity contribution in [2.45, 2.75) is 6.92 Å². The fourth-order valence-electron chi connectivity index (χ4n) is 1.47. The largest absolute Gasteiger partial charge is 0.276 e. The van der Waals surface area contributed by atoms with Crippen molar-refractivity contribution in [1.82, 2.24) is 20.2 Å². The van der Waals surface area contributed by atoms with E-state index in [0.717, 1.165) is 11.1 Å². The molecule has 1 aromatic heterocycles. The van der Waals surface area contributed by atoms with Crippen molar-refractivity contribution in [2.75, 3.05) is 5.43 Å². The molecule has 0 saturated carbocycles. The van der Waals surface area contributed by atoms with Gasteiger partial charge in [0.2, 0.25) is 11.5 Å². The van der Waals surface area contributed by atoms with E-state index >= 15 is 0 Å². The van der Waals surface area contributed by atoms with E-state index in [2.05, 4.69) is 25.9 Å². The van der Waals surface area contributed by atoms with Gasteiger partial charge in [-0.1, -0.05) is 12.1 Å². The van der Waals surface area contributed by atoms with Crippen LogP contribution >= 0.6 is 0 Å². The van der Waals surface area contributed by atoms with E-state index in [9.17, 15) is 0 Å². The first-order chi connectivity index (χ1) is 9.63. The zero-order valence-corrected chi connectivity index (χ0v) is 10.9. The highest BCUT2D eigenvalue weighted by molar-refractivity contribution is 6.10. The lowest BCUT2D eigenvalue weighted by atomic mass is 10.1. The van der Waals surface area contributed by atoms with Gasteiger partial charge < -0.3 is 0 Å². The van der Waals surface area contributed by atoms with Gasteiger partial charge in [-0.05, 0) is 23.8 Å². The summed E-state index contributed by atoms with van der Waals surface area (Å²) < 4.78 is 0. The lowest BCUT2D eigenvalue weighted by Crippen LogP contribution is -1.98. The van der Waals surface area contributed by atoms with Gasteiger partial charge in [-0.25, -0.2) is 0 Å². The Kier molecular flexibility index (Phi) is 3.68. The third-order valence-electron chi connectivity index (χ3n) is 2.50. The van der Waals surface area contributed by atoms with E-state index in [-0.39, 0.29) is 5.71 Å². The summed E-state index contributed by atoms with van der Waals surface area (Å²) in [5, 5.41) is 32.8. The standard InChI is InChI=1S/C12H10N8/c1-8-3-4-9(12-17-19-20(2)18-12)5-11(8)16-15-10(6-13)7-14/h3-5,16H,1-2H3. The van der Waals surface area contributed by atoms with Crippen LogP contribution in [0.1, 0.15) is 5.56 Å². The topological polar surface area (TPSA) is 116 Å². The molecule has 0 aliphatic heterocycles. The van der Waals surface area contributed by atoms with Crippen LogP contribution in [-0.2, 0) is 7.05 Å². The van der Waals surface area contributed by atoms with Crippen LogP contribution in [-0.4, -0.2) is 25.9 Å². The van der Waals surface area contributed by atoms with Crippen LogP contribution in [0.4, 0.5) is 5.69 Å². The number of tetrazole rings is 1. The maximum Gasteiger partial charge on any atom is 0.237 e. The summed E-state index contributed by atoms with van der Waals surface area (Å²) in [6, 6.07) is 8.86. The predicted octanol–water partition coefficient (Wildman–Crippen LogP) is 1.00. The minimum Gasteiger partial charge on any atom is -0.276 e. The number of nitriles is 2. The van der Waals surface area contributed by atoms with Crippen LogP contribution in [0.25, 0.3) is 11.4 Å². The van der Waals surface area contributed by atoms with Crippen LogP contribution in [0.2, 0.25) is 0 Å². The molecular weight excluding hydrogens is 256 g/mol. The third-order valence-corrected chi connectivity index (χ3v) is 2.50. The van der Waals surface area contributed by atoms with Crippen molar-refractivity contribution in [3.05, 3.63) is 23.8 Å². The first-order valence-electron chi connectivity index (χ1n) is 5.63. The maximum absolute atomic E-state index is 8.63. The highest BCUT2D eigenvalue weighted by Crippen LogP contribution is 2.22. The Morgan fingerprint density at radius 3 is 2.70 bits per heavy atom. The van der Waals surface area contributed by atoms with E-state index in [1.807, 2.05) is 19.1 Å². The van der Waals surface area contributed by atoms with Gasteiger partial charge in [0.25, 0.3) is 0 Å². The molecule has 0 unspecified atom stereocenters. The van der Waals surface area contributed by atoms with E-state index in [1.165, 1.54) is 4.80 Å². The average molecular weight is 266 g/mol. The number of hydrazone groups is 1. The highest BCUT2D eigenvalue weighted by atomic mass is 15.6. The molecule has 0 bridgehead atoms. The Hall–Kier alpha value is -3.26.